The molecule has 2 heterocycles. The molecule has 0 bridgehead atoms. The molecule has 3 amide bonds. The van der Waals surface area contributed by atoms with Crippen molar-refractivity contribution < 1.29 is 27.8 Å². The number of rotatable bonds is 4. The van der Waals surface area contributed by atoms with Crippen molar-refractivity contribution in [1.29, 1.82) is 0 Å². The number of hydrogen-bond donors (Lipinski definition) is 1. The van der Waals surface area contributed by atoms with Crippen molar-refractivity contribution in [3.63, 3.8) is 0 Å². The molecule has 9 heteroatoms. The number of carbonyl (C=O) groups is 2. The predicted molar refractivity (Wildman–Crippen MR) is 96.7 cm³/mol. The highest BCUT2D eigenvalue weighted by Crippen LogP contribution is 2.35. The van der Waals surface area contributed by atoms with Crippen LogP contribution in [0.5, 0.6) is 11.5 Å². The van der Waals surface area contributed by atoms with Crippen LogP contribution < -0.4 is 19.7 Å². The van der Waals surface area contributed by atoms with E-state index in [1.54, 1.807) is 18.2 Å². The molecule has 0 aliphatic carbocycles. The number of urea groups is 1. The van der Waals surface area contributed by atoms with E-state index < -0.39 is 17.5 Å². The van der Waals surface area contributed by atoms with Crippen molar-refractivity contribution in [3.8, 4) is 11.5 Å². The second-order valence-corrected chi connectivity index (χ2v) is 6.36. The molecule has 2 aromatic rings. The lowest BCUT2D eigenvalue weighted by Gasteiger charge is -2.22. The molecule has 7 nitrogen and oxygen atoms in total. The molecule has 2 aliphatic rings. The Morgan fingerprint density at radius 3 is 2.64 bits per heavy atom. The zero-order valence-corrected chi connectivity index (χ0v) is 14.8. The van der Waals surface area contributed by atoms with Gasteiger partial charge in [-0.05, 0) is 24.3 Å². The van der Waals surface area contributed by atoms with E-state index in [1.165, 1.54) is 9.80 Å². The van der Waals surface area contributed by atoms with Crippen LogP contribution in [0.2, 0.25) is 0 Å². The first kappa shape index (κ1) is 18.0. The number of hydrogen-bond acceptors (Lipinski definition) is 4. The summed E-state index contributed by atoms with van der Waals surface area (Å²) < 4.78 is 37.9. The van der Waals surface area contributed by atoms with Gasteiger partial charge in [-0.15, -0.1) is 0 Å². The molecule has 4 rings (SSSR count). The van der Waals surface area contributed by atoms with Crippen LogP contribution in [0.15, 0.2) is 36.4 Å². The van der Waals surface area contributed by atoms with Gasteiger partial charge in [-0.25, -0.2) is 13.6 Å². The largest absolute Gasteiger partial charge is 0.486 e. The number of carbonyl (C=O) groups excluding carboxylic acids is 2. The molecule has 0 unspecified atom stereocenters. The fourth-order valence-corrected chi connectivity index (χ4v) is 3.13. The van der Waals surface area contributed by atoms with Crippen molar-refractivity contribution in [2.75, 3.05) is 43.1 Å². The van der Waals surface area contributed by atoms with Crippen molar-refractivity contribution in [2.45, 2.75) is 0 Å². The molecule has 2 aliphatic heterocycles. The summed E-state index contributed by atoms with van der Waals surface area (Å²) in [6, 6.07) is 7.62. The zero-order valence-electron chi connectivity index (χ0n) is 14.8. The normalized spacial score (nSPS) is 15.7. The number of ether oxygens (including phenoxy) is 2. The van der Waals surface area contributed by atoms with Crippen molar-refractivity contribution in [2.24, 2.45) is 0 Å². The van der Waals surface area contributed by atoms with Crippen LogP contribution in [0.4, 0.5) is 25.0 Å². The van der Waals surface area contributed by atoms with E-state index in [1.807, 2.05) is 0 Å². The predicted octanol–water partition coefficient (Wildman–Crippen LogP) is 2.62. The third-order valence-electron chi connectivity index (χ3n) is 4.47. The fraction of sp³-hybridized carbons (Fsp3) is 0.263. The van der Waals surface area contributed by atoms with Gasteiger partial charge in [0.1, 0.15) is 31.4 Å². The van der Waals surface area contributed by atoms with Crippen LogP contribution in [-0.4, -0.2) is 49.7 Å². The maximum Gasteiger partial charge on any atom is 0.325 e. The third-order valence-corrected chi connectivity index (χ3v) is 4.47. The Morgan fingerprint density at radius 2 is 1.82 bits per heavy atom. The van der Waals surface area contributed by atoms with Gasteiger partial charge in [-0.2, -0.15) is 0 Å². The number of nitrogens with zero attached hydrogens (tertiary/aromatic N) is 2. The number of amides is 3. The van der Waals surface area contributed by atoms with Crippen LogP contribution in [0.1, 0.15) is 0 Å². The highest BCUT2D eigenvalue weighted by atomic mass is 19.1. The first-order valence-corrected chi connectivity index (χ1v) is 8.72. The summed E-state index contributed by atoms with van der Waals surface area (Å²) in [5.41, 5.74) is 0.369. The second-order valence-electron chi connectivity index (χ2n) is 6.36. The number of nitrogens with one attached hydrogen (secondary N) is 1. The number of anilines is 2. The van der Waals surface area contributed by atoms with Gasteiger partial charge in [0.05, 0.1) is 5.69 Å². The fourth-order valence-electron chi connectivity index (χ4n) is 3.13. The summed E-state index contributed by atoms with van der Waals surface area (Å²) in [5, 5.41) is 2.29. The zero-order chi connectivity index (χ0) is 19.7. The van der Waals surface area contributed by atoms with Crippen molar-refractivity contribution in [1.82, 2.24) is 4.90 Å². The molecule has 28 heavy (non-hydrogen) atoms. The van der Waals surface area contributed by atoms with Gasteiger partial charge >= 0.3 is 6.03 Å². The Hall–Kier alpha value is -3.36. The standard InChI is InChI=1S/C19H17F2N3O4/c20-12-1-3-14(21)15(9-12)22-18(25)11-23-5-6-24(19(23)26)13-2-4-16-17(10-13)28-8-7-27-16/h1-4,9-10H,5-8,11H2,(H,22,25). The Bertz CT molecular complexity index is 937. The smallest absolute Gasteiger partial charge is 0.325 e. The van der Waals surface area contributed by atoms with E-state index in [0.29, 0.717) is 43.5 Å². The summed E-state index contributed by atoms with van der Waals surface area (Å²) in [5.74, 6) is -0.842. The van der Waals surface area contributed by atoms with E-state index in [4.69, 9.17) is 9.47 Å². The van der Waals surface area contributed by atoms with Crippen LogP contribution in [-0.2, 0) is 4.79 Å². The molecule has 0 saturated carbocycles. The minimum absolute atomic E-state index is 0.264. The maximum atomic E-state index is 13.6. The van der Waals surface area contributed by atoms with E-state index in [-0.39, 0.29) is 18.3 Å². The lowest BCUT2D eigenvalue weighted by molar-refractivity contribution is -0.116. The van der Waals surface area contributed by atoms with E-state index in [9.17, 15) is 18.4 Å². The van der Waals surface area contributed by atoms with Crippen molar-refractivity contribution >= 4 is 23.3 Å². The number of fused-ring (bicyclic) bond motifs is 1. The number of halogens is 2. The van der Waals surface area contributed by atoms with Gasteiger partial charge in [-0.1, -0.05) is 0 Å². The Labute approximate surface area is 159 Å². The van der Waals surface area contributed by atoms with Gasteiger partial charge in [0.25, 0.3) is 0 Å². The summed E-state index contributed by atoms with van der Waals surface area (Å²) in [6.07, 6.45) is 0. The van der Waals surface area contributed by atoms with E-state index in [0.717, 1.165) is 18.2 Å². The summed E-state index contributed by atoms with van der Waals surface area (Å²) in [7, 11) is 0. The molecule has 1 fully saturated rings. The van der Waals surface area contributed by atoms with Crippen LogP contribution in [0.3, 0.4) is 0 Å². The average Bonchev–Trinajstić information content (AvgIpc) is 3.04. The molecule has 0 aromatic heterocycles. The molecule has 1 saturated heterocycles. The SMILES string of the molecule is O=C(CN1CCN(c2ccc3c(c2)OCCO3)C1=O)Nc1cc(F)ccc1F. The summed E-state index contributed by atoms with van der Waals surface area (Å²) in [6.45, 7) is 1.36. The van der Waals surface area contributed by atoms with E-state index in [2.05, 4.69) is 5.32 Å². The Morgan fingerprint density at radius 1 is 1.04 bits per heavy atom. The molecule has 146 valence electrons. The summed E-state index contributed by atoms with van der Waals surface area (Å²) >= 11 is 0. The maximum absolute atomic E-state index is 13.6. The van der Waals surface area contributed by atoms with Crippen LogP contribution in [0.25, 0.3) is 0 Å². The molecule has 0 spiro atoms. The lowest BCUT2D eigenvalue weighted by atomic mass is 10.2. The van der Waals surface area contributed by atoms with Gasteiger partial charge in [-0.3, -0.25) is 9.69 Å². The second kappa shape index (κ2) is 7.34. The molecule has 2 aromatic carbocycles. The quantitative estimate of drug-likeness (QED) is 0.873. The van der Waals surface area contributed by atoms with Crippen LogP contribution >= 0.6 is 0 Å². The van der Waals surface area contributed by atoms with Crippen molar-refractivity contribution in [3.05, 3.63) is 48.0 Å². The molecular formula is C19H17F2N3O4. The first-order valence-electron chi connectivity index (χ1n) is 8.72. The van der Waals surface area contributed by atoms with Gasteiger partial charge in [0, 0.05) is 30.9 Å². The minimum atomic E-state index is -0.750. The van der Waals surface area contributed by atoms with E-state index >= 15 is 0 Å². The Balaban J connectivity index is 1.41. The Kier molecular flexibility index (Phi) is 4.72. The van der Waals surface area contributed by atoms with Gasteiger partial charge < -0.3 is 19.7 Å². The third kappa shape index (κ3) is 3.55. The topological polar surface area (TPSA) is 71.1 Å². The van der Waals surface area contributed by atoms with Gasteiger partial charge in [0.2, 0.25) is 5.91 Å². The summed E-state index contributed by atoms with van der Waals surface area (Å²) in [4.78, 5) is 27.7. The minimum Gasteiger partial charge on any atom is -0.486 e. The highest BCUT2D eigenvalue weighted by molar-refractivity contribution is 5.99. The molecular weight excluding hydrogens is 372 g/mol. The monoisotopic (exact) mass is 389 g/mol. The molecule has 0 atom stereocenters. The number of benzene rings is 2. The molecule has 0 radical (unpaired) electrons. The van der Waals surface area contributed by atoms with Crippen LogP contribution in [0, 0.1) is 11.6 Å². The average molecular weight is 389 g/mol. The highest BCUT2D eigenvalue weighted by Gasteiger charge is 2.31. The lowest BCUT2D eigenvalue weighted by Crippen LogP contribution is -2.37. The van der Waals surface area contributed by atoms with Gasteiger partial charge in [0.15, 0.2) is 11.5 Å². The molecule has 1 N–H and O–H groups in total. The first-order chi connectivity index (χ1) is 13.5.